The number of ether oxygens (including phenoxy) is 2. The first kappa shape index (κ1) is 14.7. The van der Waals surface area contributed by atoms with Crippen LogP contribution < -0.4 is 20.1 Å². The smallest absolute Gasteiger partial charge is 0.263 e. The molecule has 0 saturated heterocycles. The summed E-state index contributed by atoms with van der Waals surface area (Å²) < 4.78 is 10.5. The lowest BCUT2D eigenvalue weighted by Gasteiger charge is -2.10. The minimum Gasteiger partial charge on any atom is -0.454 e. The highest BCUT2D eigenvalue weighted by Crippen LogP contribution is 2.34. The van der Waals surface area contributed by atoms with Gasteiger partial charge in [0.15, 0.2) is 11.5 Å². The highest BCUT2D eigenvalue weighted by Gasteiger charge is 2.14. The molecule has 0 spiro atoms. The second-order valence-electron chi connectivity index (χ2n) is 4.66. The van der Waals surface area contributed by atoms with Gasteiger partial charge in [-0.3, -0.25) is 4.79 Å². The number of amides is 1. The molecule has 2 rings (SSSR count). The van der Waals surface area contributed by atoms with Crippen LogP contribution in [0.15, 0.2) is 30.0 Å². The van der Waals surface area contributed by atoms with Crippen molar-refractivity contribution in [2.45, 2.75) is 26.3 Å². The van der Waals surface area contributed by atoms with E-state index in [0.717, 1.165) is 6.42 Å². The summed E-state index contributed by atoms with van der Waals surface area (Å²) >= 11 is 0. The first-order valence-electron chi connectivity index (χ1n) is 6.71. The third-order valence-electron chi connectivity index (χ3n) is 3.11. The summed E-state index contributed by atoms with van der Waals surface area (Å²) in [7, 11) is 0. The van der Waals surface area contributed by atoms with Gasteiger partial charge in [0.05, 0.1) is 0 Å². The van der Waals surface area contributed by atoms with Crippen LogP contribution in [0.3, 0.4) is 0 Å². The van der Waals surface area contributed by atoms with Gasteiger partial charge in [0, 0.05) is 24.0 Å². The molecule has 6 nitrogen and oxygen atoms in total. The molecule has 0 saturated carbocycles. The zero-order chi connectivity index (χ0) is 15.2. The van der Waals surface area contributed by atoms with Crippen LogP contribution >= 0.6 is 0 Å². The van der Waals surface area contributed by atoms with Crippen molar-refractivity contribution >= 4 is 11.6 Å². The SMILES string of the molecule is CCC(C)NC(=O)/C(C#N)=C\Nc1ccc2c(c1)OCO2. The first-order chi connectivity index (χ1) is 10.1. The van der Waals surface area contributed by atoms with Crippen molar-refractivity contribution in [3.05, 3.63) is 30.0 Å². The average Bonchev–Trinajstić information content (AvgIpc) is 2.95. The van der Waals surface area contributed by atoms with Gasteiger partial charge in [-0.25, -0.2) is 0 Å². The van der Waals surface area contributed by atoms with Crippen LogP contribution in [0.25, 0.3) is 0 Å². The Bertz CT molecular complexity index is 605. The van der Waals surface area contributed by atoms with E-state index in [1.165, 1.54) is 6.20 Å². The van der Waals surface area contributed by atoms with Gasteiger partial charge >= 0.3 is 0 Å². The molecule has 21 heavy (non-hydrogen) atoms. The number of hydrogen-bond donors (Lipinski definition) is 2. The molecular formula is C15H17N3O3. The fraction of sp³-hybridized carbons (Fsp3) is 0.333. The number of nitrogens with zero attached hydrogens (tertiary/aromatic N) is 1. The summed E-state index contributed by atoms with van der Waals surface area (Å²) in [5.41, 5.74) is 0.733. The molecule has 2 N–H and O–H groups in total. The zero-order valence-electron chi connectivity index (χ0n) is 12.0. The number of fused-ring (bicyclic) bond motifs is 1. The molecule has 1 heterocycles. The summed E-state index contributed by atoms with van der Waals surface area (Å²) in [5, 5.41) is 14.7. The average molecular weight is 287 g/mol. The van der Waals surface area contributed by atoms with E-state index < -0.39 is 0 Å². The molecule has 1 aliphatic heterocycles. The number of nitriles is 1. The van der Waals surface area contributed by atoms with E-state index in [0.29, 0.717) is 17.2 Å². The monoisotopic (exact) mass is 287 g/mol. The lowest BCUT2D eigenvalue weighted by atomic mass is 10.2. The second kappa shape index (κ2) is 6.66. The van der Waals surface area contributed by atoms with Gasteiger partial charge in [0.25, 0.3) is 5.91 Å². The molecule has 0 radical (unpaired) electrons. The van der Waals surface area contributed by atoms with E-state index in [1.54, 1.807) is 18.2 Å². The molecule has 1 aliphatic rings. The van der Waals surface area contributed by atoms with Crippen LogP contribution in [0, 0.1) is 11.3 Å². The van der Waals surface area contributed by atoms with E-state index >= 15 is 0 Å². The van der Waals surface area contributed by atoms with Crippen molar-refractivity contribution in [2.24, 2.45) is 0 Å². The predicted molar refractivity (Wildman–Crippen MR) is 77.8 cm³/mol. The van der Waals surface area contributed by atoms with E-state index in [-0.39, 0.29) is 24.3 Å². The maximum Gasteiger partial charge on any atom is 0.263 e. The number of hydrogen-bond acceptors (Lipinski definition) is 5. The van der Waals surface area contributed by atoms with Crippen LogP contribution in [0.1, 0.15) is 20.3 Å². The topological polar surface area (TPSA) is 83.4 Å². The zero-order valence-corrected chi connectivity index (χ0v) is 12.0. The predicted octanol–water partition coefficient (Wildman–Crippen LogP) is 2.15. The molecule has 1 atom stereocenters. The number of nitrogens with one attached hydrogen (secondary N) is 2. The third kappa shape index (κ3) is 3.66. The van der Waals surface area contributed by atoms with Gasteiger partial charge in [0.2, 0.25) is 6.79 Å². The van der Waals surface area contributed by atoms with Crippen molar-refractivity contribution in [1.82, 2.24) is 5.32 Å². The number of carbonyl (C=O) groups is 1. The van der Waals surface area contributed by atoms with Crippen LogP contribution in [0.5, 0.6) is 11.5 Å². The Hall–Kier alpha value is -2.68. The minimum atomic E-state index is -0.389. The van der Waals surface area contributed by atoms with Crippen LogP contribution in [0.4, 0.5) is 5.69 Å². The highest BCUT2D eigenvalue weighted by molar-refractivity contribution is 5.97. The Labute approximate surface area is 123 Å². The van der Waals surface area contributed by atoms with E-state index in [1.807, 2.05) is 19.9 Å². The number of rotatable bonds is 5. The summed E-state index contributed by atoms with van der Waals surface area (Å²) in [4.78, 5) is 11.9. The van der Waals surface area contributed by atoms with Gasteiger partial charge < -0.3 is 20.1 Å². The van der Waals surface area contributed by atoms with Gasteiger partial charge in [0.1, 0.15) is 11.6 Å². The molecule has 110 valence electrons. The van der Waals surface area contributed by atoms with Gasteiger partial charge in [-0.15, -0.1) is 0 Å². The van der Waals surface area contributed by atoms with Gasteiger partial charge in [-0.2, -0.15) is 5.26 Å². The van der Waals surface area contributed by atoms with Crippen LogP contribution in [0.2, 0.25) is 0 Å². The quantitative estimate of drug-likeness (QED) is 0.640. The maximum atomic E-state index is 11.9. The Morgan fingerprint density at radius 3 is 2.95 bits per heavy atom. The molecule has 0 aliphatic carbocycles. The normalized spacial score (nSPS) is 14.2. The lowest BCUT2D eigenvalue weighted by molar-refractivity contribution is -0.117. The Kier molecular flexibility index (Phi) is 4.67. The number of anilines is 1. The van der Waals surface area contributed by atoms with Crippen molar-refractivity contribution in [2.75, 3.05) is 12.1 Å². The van der Waals surface area contributed by atoms with E-state index in [4.69, 9.17) is 14.7 Å². The van der Waals surface area contributed by atoms with Crippen molar-refractivity contribution in [3.8, 4) is 17.6 Å². The summed E-state index contributed by atoms with van der Waals surface area (Å²) in [5.74, 6) is 0.926. The van der Waals surface area contributed by atoms with E-state index in [9.17, 15) is 4.79 Å². The fourth-order valence-corrected chi connectivity index (χ4v) is 1.69. The van der Waals surface area contributed by atoms with Crippen LogP contribution in [-0.2, 0) is 4.79 Å². The molecule has 1 unspecified atom stereocenters. The number of benzene rings is 1. The molecule has 0 aromatic heterocycles. The molecule has 1 aromatic rings. The second-order valence-corrected chi connectivity index (χ2v) is 4.66. The summed E-state index contributed by atoms with van der Waals surface area (Å²) in [6.45, 7) is 4.05. The summed E-state index contributed by atoms with van der Waals surface area (Å²) in [6, 6.07) is 7.21. The highest BCUT2D eigenvalue weighted by atomic mass is 16.7. The standard InChI is InChI=1S/C15H17N3O3/c1-3-10(2)18-15(19)11(7-16)8-17-12-4-5-13-14(6-12)21-9-20-13/h4-6,8,10,17H,3,9H2,1-2H3,(H,18,19)/b11-8-. The fourth-order valence-electron chi connectivity index (χ4n) is 1.69. The molecular weight excluding hydrogens is 270 g/mol. The molecule has 0 fully saturated rings. The molecule has 1 amide bonds. The van der Waals surface area contributed by atoms with Gasteiger partial charge in [-0.05, 0) is 25.5 Å². The summed E-state index contributed by atoms with van der Waals surface area (Å²) in [6.07, 6.45) is 2.19. The van der Waals surface area contributed by atoms with Crippen molar-refractivity contribution < 1.29 is 14.3 Å². The molecule has 0 bridgehead atoms. The lowest BCUT2D eigenvalue weighted by Crippen LogP contribution is -2.33. The maximum absolute atomic E-state index is 11.9. The van der Waals surface area contributed by atoms with E-state index in [2.05, 4.69) is 10.6 Å². The Morgan fingerprint density at radius 1 is 1.48 bits per heavy atom. The van der Waals surface area contributed by atoms with Crippen molar-refractivity contribution in [1.29, 1.82) is 5.26 Å². The minimum absolute atomic E-state index is 0.0213. The molecule has 6 heteroatoms. The van der Waals surface area contributed by atoms with Crippen molar-refractivity contribution in [3.63, 3.8) is 0 Å². The Balaban J connectivity index is 2.04. The number of carbonyl (C=O) groups excluding carboxylic acids is 1. The van der Waals surface area contributed by atoms with Crippen LogP contribution in [-0.4, -0.2) is 18.7 Å². The third-order valence-corrected chi connectivity index (χ3v) is 3.11. The van der Waals surface area contributed by atoms with Gasteiger partial charge in [-0.1, -0.05) is 6.92 Å². The first-order valence-corrected chi connectivity index (χ1v) is 6.71. The molecule has 1 aromatic carbocycles. The Morgan fingerprint density at radius 2 is 2.24 bits per heavy atom. The largest absolute Gasteiger partial charge is 0.454 e.